The summed E-state index contributed by atoms with van der Waals surface area (Å²) in [7, 11) is 0. The maximum Gasteiger partial charge on any atom is 0.326 e. The van der Waals surface area contributed by atoms with Crippen LogP contribution in [0.15, 0.2) is 40.3 Å². The third kappa shape index (κ3) is 33.0. The van der Waals surface area contributed by atoms with E-state index in [4.69, 9.17) is 40.1 Å². The summed E-state index contributed by atoms with van der Waals surface area (Å²) in [6, 6.07) is -6.22. The van der Waals surface area contributed by atoms with E-state index < -0.39 is 152 Å². The van der Waals surface area contributed by atoms with E-state index in [1.54, 1.807) is 58.0 Å². The van der Waals surface area contributed by atoms with Crippen LogP contribution in [-0.2, 0) is 59.2 Å². The summed E-state index contributed by atoms with van der Waals surface area (Å²) in [5.74, 6) is -11.9. The van der Waals surface area contributed by atoms with E-state index in [-0.39, 0.29) is 121 Å². The van der Waals surface area contributed by atoms with Gasteiger partial charge in [-0.1, -0.05) is 58.0 Å². The van der Waals surface area contributed by atoms with Crippen LogP contribution in [0, 0.1) is 11.8 Å². The number of nitrogens with one attached hydrogen (secondary N) is 9. The van der Waals surface area contributed by atoms with Crippen molar-refractivity contribution >= 4 is 77.0 Å². The number of carbonyl (C=O) groups excluding carboxylic acids is 9. The molecule has 1 aromatic carbocycles. The highest BCUT2D eigenvalue weighted by Crippen LogP contribution is 2.13. The van der Waals surface area contributed by atoms with Gasteiger partial charge in [-0.2, -0.15) is 0 Å². The number of nitrogens with zero attached hydrogens (tertiary/aromatic N) is 2. The number of carbonyl (C=O) groups is 11. The molecule has 0 aliphatic rings. The smallest absolute Gasteiger partial charge is 0.326 e. The third-order valence-electron chi connectivity index (χ3n) is 13.5. The first kappa shape index (κ1) is 78.7. The molecule has 0 spiro atoms. The Morgan fingerprint density at radius 2 is 0.764 bits per heavy atom. The number of unbranched alkanes of at least 4 members (excludes halogenated alkanes) is 2. The summed E-state index contributed by atoms with van der Waals surface area (Å²) < 4.78 is 0. The minimum absolute atomic E-state index is 0.0377. The first-order valence-corrected chi connectivity index (χ1v) is 29.8. The molecular weight excluding hydrogens is 1160 g/mol. The Labute approximate surface area is 518 Å². The Morgan fingerprint density at radius 3 is 1.17 bits per heavy atom. The molecule has 10 atom stereocenters. The Kier molecular flexibility index (Phi) is 38.4. The van der Waals surface area contributed by atoms with Gasteiger partial charge in [0.05, 0.1) is 19.3 Å². The number of aliphatic hydroxyl groups is 2. The molecule has 0 saturated heterocycles. The number of aliphatic carboxylic acids is 2. The van der Waals surface area contributed by atoms with Crippen molar-refractivity contribution in [2.45, 2.75) is 184 Å². The predicted molar refractivity (Wildman–Crippen MR) is 329 cm³/mol. The molecule has 0 bridgehead atoms. The van der Waals surface area contributed by atoms with Crippen molar-refractivity contribution in [1.82, 2.24) is 47.9 Å². The van der Waals surface area contributed by atoms with Crippen LogP contribution in [0.25, 0.3) is 0 Å². The highest BCUT2D eigenvalue weighted by atomic mass is 16.4. The number of nitrogens with two attached hydrogens (primary N) is 7. The van der Waals surface area contributed by atoms with Crippen LogP contribution in [0.5, 0.6) is 0 Å². The molecule has 89 heavy (non-hydrogen) atoms. The zero-order valence-corrected chi connectivity index (χ0v) is 51.4. The molecule has 27 N–H and O–H groups in total. The fourth-order valence-corrected chi connectivity index (χ4v) is 8.78. The van der Waals surface area contributed by atoms with Crippen LogP contribution in [-0.4, -0.2) is 197 Å². The van der Waals surface area contributed by atoms with Gasteiger partial charge in [-0.15, -0.1) is 0 Å². The van der Waals surface area contributed by atoms with Crippen molar-refractivity contribution in [2.75, 3.05) is 39.4 Å². The standard InChI is InChI=1S/C56H98N18O15/c1-31(2)26-39(50(84)72-41(54(88)89)27-32(3)4)70-51(85)40(28-33-14-6-5-7-15-33)71-53(87)43(30-76)73-48(82)36(18-9-11-23-58)68-46(80)35(17-8-10-22-57)67-47(81)37(19-13-25-65-56(62)63)69-52(86)42(29-75)74-49(83)38(20-21-44(77)78)66-45(79)34(59)16-12-24-64-55(60)61/h5-7,14-15,31-32,34-43,75-76H,8-13,16-30,57-59H2,1-4H3,(H,66,79)(H,67,81)(H,68,80)(H,69,86)(H,70,85)(H,71,87)(H,72,84)(H,73,82)(H,74,83)(H,77,78)(H,88,89)(H4,60,61,64)(H4,62,63,65)/t34-,35-,36-,37-,38-,39-,40-,41-,42-,43-/m0/s1. The maximum atomic E-state index is 14.4. The zero-order chi connectivity index (χ0) is 67.2. The van der Waals surface area contributed by atoms with Gasteiger partial charge in [0, 0.05) is 25.9 Å². The maximum absolute atomic E-state index is 14.4. The van der Waals surface area contributed by atoms with Crippen molar-refractivity contribution in [3.63, 3.8) is 0 Å². The monoisotopic (exact) mass is 1260 g/mol. The molecule has 0 aliphatic heterocycles. The number of aliphatic hydroxyl groups excluding tert-OH is 2. The molecule has 0 heterocycles. The molecule has 33 nitrogen and oxygen atoms in total. The summed E-state index contributed by atoms with van der Waals surface area (Å²) in [5, 5.41) is 62.6. The molecule has 1 rings (SSSR count). The number of carboxylic acids is 2. The van der Waals surface area contributed by atoms with Crippen molar-refractivity contribution in [1.29, 1.82) is 0 Å². The highest BCUT2D eigenvalue weighted by Gasteiger charge is 2.36. The summed E-state index contributed by atoms with van der Waals surface area (Å²) in [4.78, 5) is 157. The molecule has 0 aliphatic carbocycles. The molecule has 33 heteroatoms. The Hall–Kier alpha value is -8.27. The van der Waals surface area contributed by atoms with Crippen molar-refractivity contribution < 1.29 is 73.2 Å². The number of benzene rings is 1. The quantitative estimate of drug-likeness (QED) is 0.0164. The van der Waals surface area contributed by atoms with E-state index >= 15 is 0 Å². The van der Waals surface area contributed by atoms with E-state index in [0.29, 0.717) is 18.4 Å². The van der Waals surface area contributed by atoms with Crippen LogP contribution < -0.4 is 88.0 Å². The van der Waals surface area contributed by atoms with Crippen LogP contribution in [0.3, 0.4) is 0 Å². The number of rotatable bonds is 46. The van der Waals surface area contributed by atoms with Gasteiger partial charge < -0.3 is 108 Å². The highest BCUT2D eigenvalue weighted by molar-refractivity contribution is 5.98. The Bertz CT molecular complexity index is 2480. The average Bonchev–Trinajstić information content (AvgIpc) is 2.36. The lowest BCUT2D eigenvalue weighted by Crippen LogP contribution is -2.61. The van der Waals surface area contributed by atoms with Gasteiger partial charge in [-0.3, -0.25) is 57.9 Å². The van der Waals surface area contributed by atoms with Gasteiger partial charge in [-0.25, -0.2) is 4.79 Å². The fourth-order valence-electron chi connectivity index (χ4n) is 8.78. The lowest BCUT2D eigenvalue weighted by atomic mass is 9.99. The fraction of sp³-hybridized carbons (Fsp3) is 0.661. The van der Waals surface area contributed by atoms with Crippen LogP contribution in [0.1, 0.15) is 123 Å². The normalized spacial score (nSPS) is 14.5. The van der Waals surface area contributed by atoms with Gasteiger partial charge in [0.25, 0.3) is 0 Å². The van der Waals surface area contributed by atoms with Crippen LogP contribution in [0.2, 0.25) is 0 Å². The van der Waals surface area contributed by atoms with Gasteiger partial charge in [-0.05, 0) is 114 Å². The summed E-state index contributed by atoms with van der Waals surface area (Å²) >= 11 is 0. The lowest BCUT2D eigenvalue weighted by molar-refractivity contribution is -0.143. The second-order valence-corrected chi connectivity index (χ2v) is 22.2. The number of carboxylic acid groups (broad SMARTS) is 2. The molecular formula is C56H98N18O15. The van der Waals surface area contributed by atoms with Gasteiger partial charge >= 0.3 is 11.9 Å². The Balaban J connectivity index is 3.58. The van der Waals surface area contributed by atoms with E-state index in [9.17, 15) is 73.2 Å². The number of aliphatic imine (C=N–C) groups is 2. The van der Waals surface area contributed by atoms with Gasteiger partial charge in [0.2, 0.25) is 53.2 Å². The molecule has 0 saturated carbocycles. The minimum Gasteiger partial charge on any atom is -0.481 e. The average molecular weight is 1260 g/mol. The number of hydrogen-bond acceptors (Lipinski definition) is 18. The van der Waals surface area contributed by atoms with Crippen LogP contribution >= 0.6 is 0 Å². The second-order valence-electron chi connectivity index (χ2n) is 22.2. The van der Waals surface area contributed by atoms with E-state index in [2.05, 4.69) is 57.8 Å². The molecule has 1 aromatic rings. The van der Waals surface area contributed by atoms with Gasteiger partial charge in [0.1, 0.15) is 54.4 Å². The zero-order valence-electron chi connectivity index (χ0n) is 51.4. The molecule has 502 valence electrons. The second kappa shape index (κ2) is 43.4. The summed E-state index contributed by atoms with van der Waals surface area (Å²) in [5.41, 5.74) is 39.7. The van der Waals surface area contributed by atoms with Crippen molar-refractivity contribution in [2.24, 2.45) is 62.0 Å². The van der Waals surface area contributed by atoms with E-state index in [0.717, 1.165) is 0 Å². The van der Waals surface area contributed by atoms with Crippen molar-refractivity contribution in [3.8, 4) is 0 Å². The third-order valence-corrected chi connectivity index (χ3v) is 13.5. The van der Waals surface area contributed by atoms with Crippen molar-refractivity contribution in [3.05, 3.63) is 35.9 Å². The largest absolute Gasteiger partial charge is 0.481 e. The molecule has 9 amide bonds. The predicted octanol–water partition coefficient (Wildman–Crippen LogP) is -5.69. The SMILES string of the molecule is CC(C)C[C@H](NC(=O)[C@H](CC(C)C)NC(=O)[C@H](Cc1ccccc1)NC(=O)[C@H](CO)NC(=O)[C@H](CCCCN)NC(=O)[C@H](CCCCN)NC(=O)[C@H](CCCN=C(N)N)NC(=O)[C@H](CO)NC(=O)[C@H](CCC(=O)O)NC(=O)[C@@H](N)CCCN=C(N)N)C(=O)O. The number of guanidine groups is 2. The number of hydrogen-bond donors (Lipinski definition) is 20. The minimum atomic E-state index is -1.81. The first-order valence-electron chi connectivity index (χ1n) is 29.8. The molecule has 0 fully saturated rings. The van der Waals surface area contributed by atoms with Gasteiger partial charge in [0.15, 0.2) is 11.9 Å². The molecule has 0 unspecified atom stereocenters. The topological polar surface area (TPSA) is 584 Å². The first-order chi connectivity index (χ1) is 42.1. The lowest BCUT2D eigenvalue weighted by Gasteiger charge is -2.28. The van der Waals surface area contributed by atoms with Crippen LogP contribution in [0.4, 0.5) is 0 Å². The summed E-state index contributed by atoms with van der Waals surface area (Å²) in [6.45, 7) is 5.51. The number of amides is 9. The van der Waals surface area contributed by atoms with E-state index in [1.165, 1.54) is 0 Å². The molecule has 0 radical (unpaired) electrons. The van der Waals surface area contributed by atoms with E-state index in [1.807, 2.05) is 0 Å². The summed E-state index contributed by atoms with van der Waals surface area (Å²) in [6.07, 6.45) is 0.176. The Morgan fingerprint density at radius 1 is 0.427 bits per heavy atom. The molecule has 0 aromatic heterocycles.